The van der Waals surface area contributed by atoms with Crippen molar-refractivity contribution >= 4 is 17.9 Å². The van der Waals surface area contributed by atoms with Gasteiger partial charge in [0.25, 0.3) is 0 Å². The lowest BCUT2D eigenvalue weighted by molar-refractivity contribution is -0.138. The summed E-state index contributed by atoms with van der Waals surface area (Å²) >= 11 is 0. The van der Waals surface area contributed by atoms with Gasteiger partial charge in [-0.05, 0) is 64.2 Å². The molecule has 9 nitrogen and oxygen atoms in total. The van der Waals surface area contributed by atoms with Gasteiger partial charge in [-0.1, -0.05) is 12.1 Å². The fourth-order valence-corrected chi connectivity index (χ4v) is 6.29. The minimum atomic E-state index is -0.730. The molecule has 1 aromatic rings. The molecule has 198 valence electrons. The van der Waals surface area contributed by atoms with Crippen LogP contribution in [0.4, 0.5) is 9.18 Å². The lowest BCUT2D eigenvalue weighted by Crippen LogP contribution is -2.54. The fourth-order valence-electron chi connectivity index (χ4n) is 6.29. The Morgan fingerprint density at radius 2 is 1.95 bits per heavy atom. The Bertz CT molecular complexity index is 1130. The van der Waals surface area contributed by atoms with Crippen LogP contribution in [0.2, 0.25) is 0 Å². The topological polar surface area (TPSA) is 97.2 Å². The number of rotatable bonds is 4. The zero-order valence-corrected chi connectivity index (χ0v) is 21.6. The van der Waals surface area contributed by atoms with Crippen LogP contribution in [-0.2, 0) is 20.9 Å². The number of nitrogens with zero attached hydrogens (tertiary/aromatic N) is 5. The summed E-state index contributed by atoms with van der Waals surface area (Å²) in [6.45, 7) is 7.15. The highest BCUT2D eigenvalue weighted by Gasteiger charge is 2.55. The second-order valence-corrected chi connectivity index (χ2v) is 11.6. The molecule has 4 saturated heterocycles. The molecule has 0 aliphatic carbocycles. The van der Waals surface area contributed by atoms with E-state index in [2.05, 4.69) is 11.0 Å². The highest BCUT2D eigenvalue weighted by molar-refractivity contribution is 5.88. The van der Waals surface area contributed by atoms with Crippen LogP contribution in [0.15, 0.2) is 24.3 Å². The number of piperazine rings is 1. The van der Waals surface area contributed by atoms with Crippen molar-refractivity contribution in [2.75, 3.05) is 19.6 Å². The second-order valence-electron chi connectivity index (χ2n) is 11.6. The van der Waals surface area contributed by atoms with E-state index >= 15 is 0 Å². The number of amides is 3. The second kappa shape index (κ2) is 9.60. The maximum absolute atomic E-state index is 13.7. The van der Waals surface area contributed by atoms with E-state index in [1.807, 2.05) is 11.0 Å². The monoisotopic (exact) mass is 511 g/mol. The van der Waals surface area contributed by atoms with Gasteiger partial charge in [0.2, 0.25) is 11.8 Å². The van der Waals surface area contributed by atoms with E-state index in [1.54, 1.807) is 31.7 Å². The first-order valence-electron chi connectivity index (χ1n) is 13.1. The number of likely N-dealkylation sites (tertiary alicyclic amines) is 4. The zero-order chi connectivity index (χ0) is 26.5. The molecule has 4 fully saturated rings. The quantitative estimate of drug-likeness (QED) is 0.616. The van der Waals surface area contributed by atoms with Gasteiger partial charge in [0, 0.05) is 38.3 Å². The van der Waals surface area contributed by atoms with Gasteiger partial charge in [-0.2, -0.15) is 5.26 Å². The van der Waals surface area contributed by atoms with Crippen LogP contribution in [0.5, 0.6) is 0 Å². The first-order chi connectivity index (χ1) is 17.6. The molecular formula is C27H34FN5O4. The van der Waals surface area contributed by atoms with Crippen molar-refractivity contribution in [2.45, 2.75) is 88.8 Å². The van der Waals surface area contributed by atoms with Gasteiger partial charge in [0.15, 0.2) is 0 Å². The molecule has 2 bridgehead atoms. The Morgan fingerprint density at radius 3 is 2.62 bits per heavy atom. The molecule has 37 heavy (non-hydrogen) atoms. The van der Waals surface area contributed by atoms with Gasteiger partial charge >= 0.3 is 6.09 Å². The van der Waals surface area contributed by atoms with Gasteiger partial charge in [-0.25, -0.2) is 9.18 Å². The molecule has 0 N–H and O–H groups in total. The molecule has 0 unspecified atom stereocenters. The number of nitriles is 1. The lowest BCUT2D eigenvalue weighted by Gasteiger charge is -2.37. The molecular weight excluding hydrogens is 477 g/mol. The molecule has 5 atom stereocenters. The van der Waals surface area contributed by atoms with Crippen molar-refractivity contribution in [3.8, 4) is 6.07 Å². The summed E-state index contributed by atoms with van der Waals surface area (Å²) in [7, 11) is 0. The van der Waals surface area contributed by atoms with Crippen molar-refractivity contribution in [3.63, 3.8) is 0 Å². The zero-order valence-electron chi connectivity index (χ0n) is 21.6. The van der Waals surface area contributed by atoms with E-state index in [0.717, 1.165) is 12.0 Å². The normalized spacial score (nSPS) is 29.8. The summed E-state index contributed by atoms with van der Waals surface area (Å²) in [4.78, 5) is 47.1. The SMILES string of the molecule is CC(C)(C)OC(=O)N1C[C@@H](N2C[C@H]3C[C@@H]2C(=O)N3Cc2cccc(F)c2)C[C@H]1C(=O)N1CCC[C@H]1C#N. The van der Waals surface area contributed by atoms with Crippen molar-refractivity contribution in [1.82, 2.24) is 19.6 Å². The Labute approximate surface area is 216 Å². The highest BCUT2D eigenvalue weighted by atomic mass is 19.1. The van der Waals surface area contributed by atoms with Gasteiger partial charge in [-0.15, -0.1) is 0 Å². The van der Waals surface area contributed by atoms with Crippen molar-refractivity contribution in [3.05, 3.63) is 35.6 Å². The third kappa shape index (κ3) is 4.89. The van der Waals surface area contributed by atoms with Gasteiger partial charge in [0.05, 0.1) is 12.1 Å². The van der Waals surface area contributed by atoms with Gasteiger partial charge in [-0.3, -0.25) is 19.4 Å². The van der Waals surface area contributed by atoms with E-state index in [-0.39, 0.29) is 42.3 Å². The average Bonchev–Trinajstić information content (AvgIpc) is 3.61. The standard InChI is InChI=1S/C27H34FN5O4/c1-27(2,3)37-26(36)33-16-20(11-23(33)24(34)30-9-5-8-19(30)13-29)31-15-21-12-22(31)25(35)32(21)14-17-6-4-7-18(28)10-17/h4,6-7,10,19-23H,5,8-9,11-12,14-16H2,1-3H3/t19-,20-,21+,22+,23-/m0/s1. The molecule has 0 radical (unpaired) electrons. The van der Waals surface area contributed by atoms with Crippen LogP contribution in [0, 0.1) is 17.1 Å². The molecule has 5 rings (SSSR count). The predicted octanol–water partition coefficient (Wildman–Crippen LogP) is 2.50. The number of carbonyl (C=O) groups is 3. The number of hydrogen-bond acceptors (Lipinski definition) is 6. The number of ether oxygens (including phenoxy) is 1. The van der Waals surface area contributed by atoms with E-state index < -0.39 is 23.8 Å². The van der Waals surface area contributed by atoms with E-state index in [4.69, 9.17) is 4.74 Å². The summed E-state index contributed by atoms with van der Waals surface area (Å²) in [5, 5.41) is 9.51. The summed E-state index contributed by atoms with van der Waals surface area (Å²) in [5.74, 6) is -0.541. The van der Waals surface area contributed by atoms with Crippen LogP contribution < -0.4 is 0 Å². The first-order valence-corrected chi connectivity index (χ1v) is 13.1. The van der Waals surface area contributed by atoms with E-state index in [9.17, 15) is 24.0 Å². The molecule has 1 aromatic carbocycles. The minimum Gasteiger partial charge on any atom is -0.444 e. The third-order valence-electron chi connectivity index (χ3n) is 7.91. The number of benzene rings is 1. The van der Waals surface area contributed by atoms with Crippen LogP contribution in [0.3, 0.4) is 0 Å². The van der Waals surface area contributed by atoms with E-state index in [0.29, 0.717) is 38.9 Å². The van der Waals surface area contributed by atoms with E-state index in [1.165, 1.54) is 17.0 Å². The number of halogens is 1. The Kier molecular flexibility index (Phi) is 6.61. The Hall–Kier alpha value is -3.19. The number of hydrogen-bond donors (Lipinski definition) is 0. The molecule has 0 aromatic heterocycles. The van der Waals surface area contributed by atoms with Crippen LogP contribution in [-0.4, -0.2) is 93.0 Å². The Morgan fingerprint density at radius 1 is 1.16 bits per heavy atom. The maximum Gasteiger partial charge on any atom is 0.411 e. The van der Waals surface area contributed by atoms with Gasteiger partial charge < -0.3 is 14.5 Å². The molecule has 4 heterocycles. The largest absolute Gasteiger partial charge is 0.444 e. The molecule has 0 spiro atoms. The maximum atomic E-state index is 13.7. The van der Waals surface area contributed by atoms with Crippen molar-refractivity contribution in [1.29, 1.82) is 5.26 Å². The van der Waals surface area contributed by atoms with Crippen LogP contribution >= 0.6 is 0 Å². The molecule has 3 amide bonds. The molecule has 10 heteroatoms. The minimum absolute atomic E-state index is 0.00296. The molecule has 4 aliphatic rings. The number of fused-ring (bicyclic) bond motifs is 2. The Balaban J connectivity index is 1.32. The number of carbonyl (C=O) groups excluding carboxylic acids is 3. The van der Waals surface area contributed by atoms with Crippen molar-refractivity contribution in [2.24, 2.45) is 0 Å². The smallest absolute Gasteiger partial charge is 0.411 e. The van der Waals surface area contributed by atoms with Crippen molar-refractivity contribution < 1.29 is 23.5 Å². The van der Waals surface area contributed by atoms with Gasteiger partial charge in [0.1, 0.15) is 23.5 Å². The molecule has 4 aliphatic heterocycles. The first kappa shape index (κ1) is 25.5. The van der Waals surface area contributed by atoms with Crippen LogP contribution in [0.1, 0.15) is 52.0 Å². The summed E-state index contributed by atoms with van der Waals surface area (Å²) < 4.78 is 19.3. The summed E-state index contributed by atoms with van der Waals surface area (Å²) in [5.41, 5.74) is 0.0406. The third-order valence-corrected chi connectivity index (χ3v) is 7.91. The summed E-state index contributed by atoms with van der Waals surface area (Å²) in [6.07, 6.45) is 1.92. The fraction of sp³-hybridized carbons (Fsp3) is 0.630. The average molecular weight is 512 g/mol. The summed E-state index contributed by atoms with van der Waals surface area (Å²) in [6, 6.07) is 6.82. The lowest BCUT2D eigenvalue weighted by atomic mass is 10.1. The molecule has 0 saturated carbocycles. The van der Waals surface area contributed by atoms with Crippen LogP contribution in [0.25, 0.3) is 0 Å². The highest BCUT2D eigenvalue weighted by Crippen LogP contribution is 2.38. The predicted molar refractivity (Wildman–Crippen MR) is 131 cm³/mol.